The highest BCUT2D eigenvalue weighted by atomic mass is 35.5. The number of carbonyl (C=O) groups excluding carboxylic acids is 1. The van der Waals surface area contributed by atoms with Gasteiger partial charge in [-0.15, -0.1) is 6.42 Å². The molecule has 1 aliphatic heterocycles. The summed E-state index contributed by atoms with van der Waals surface area (Å²) in [5, 5.41) is 3.57. The van der Waals surface area contributed by atoms with Crippen LogP contribution in [-0.2, 0) is 6.54 Å². The largest absolute Gasteiger partial charge is 0.322 e. The monoisotopic (exact) mass is 395 g/mol. The number of anilines is 1. The van der Waals surface area contributed by atoms with Gasteiger partial charge in [0.25, 0.3) is 5.91 Å². The second-order valence-electron chi connectivity index (χ2n) is 7.58. The van der Waals surface area contributed by atoms with Crippen molar-refractivity contribution in [2.24, 2.45) is 0 Å². The second-order valence-corrected chi connectivity index (χ2v) is 7.98. The van der Waals surface area contributed by atoms with Crippen molar-refractivity contribution >= 4 is 23.2 Å². The zero-order chi connectivity index (χ0) is 20.3. The Bertz CT molecular complexity index is 917. The molecule has 0 saturated carbocycles. The number of likely N-dealkylation sites (tertiary alicyclic amines) is 1. The molecule has 0 radical (unpaired) electrons. The lowest BCUT2D eigenvalue weighted by Gasteiger charge is -2.21. The van der Waals surface area contributed by atoms with Crippen molar-refractivity contribution < 1.29 is 4.79 Å². The maximum absolute atomic E-state index is 12.5. The number of hydrogen-bond acceptors (Lipinski definition) is 3. The standard InChI is InChI=1S/C23H26ClN3O/c1-5-17-12-18(7-6-16(17)2)23(28)25-20-9-8-19(22(24)13-20)14-27-11-10-21(15-27)26(3)4/h1,6-9,12-13,21H,10-11,14-15H2,2-4H3,(H,25,28)/t21-/m0/s1. The molecule has 1 N–H and O–H groups in total. The number of nitrogens with one attached hydrogen (secondary N) is 1. The first-order chi connectivity index (χ1) is 13.4. The number of carbonyl (C=O) groups is 1. The number of aryl methyl sites for hydroxylation is 1. The molecule has 146 valence electrons. The molecule has 0 spiro atoms. The van der Waals surface area contributed by atoms with Crippen molar-refractivity contribution in [2.45, 2.75) is 25.9 Å². The third-order valence-corrected chi connectivity index (χ3v) is 5.69. The maximum atomic E-state index is 12.5. The van der Waals surface area contributed by atoms with Gasteiger partial charge in [0, 0.05) is 47.5 Å². The summed E-state index contributed by atoms with van der Waals surface area (Å²) in [6, 6.07) is 11.7. The van der Waals surface area contributed by atoms with Crippen molar-refractivity contribution in [3.05, 3.63) is 63.7 Å². The van der Waals surface area contributed by atoms with E-state index in [0.717, 1.165) is 36.3 Å². The summed E-state index contributed by atoms with van der Waals surface area (Å²) >= 11 is 6.49. The molecule has 4 nitrogen and oxygen atoms in total. The van der Waals surface area contributed by atoms with Crippen molar-refractivity contribution in [1.82, 2.24) is 9.80 Å². The third-order valence-electron chi connectivity index (χ3n) is 5.34. The Hall–Kier alpha value is -2.32. The van der Waals surface area contributed by atoms with Gasteiger partial charge in [-0.05, 0) is 62.8 Å². The highest BCUT2D eigenvalue weighted by molar-refractivity contribution is 6.31. The minimum Gasteiger partial charge on any atom is -0.322 e. The SMILES string of the molecule is C#Cc1cc(C(=O)Nc2ccc(CN3CC[C@H](N(C)C)C3)c(Cl)c2)ccc1C. The molecule has 1 fully saturated rings. The zero-order valence-electron chi connectivity index (χ0n) is 16.6. The Morgan fingerprint density at radius 3 is 2.75 bits per heavy atom. The number of amides is 1. The number of hydrogen-bond donors (Lipinski definition) is 1. The fourth-order valence-corrected chi connectivity index (χ4v) is 3.73. The molecule has 1 amide bonds. The minimum atomic E-state index is -0.200. The summed E-state index contributed by atoms with van der Waals surface area (Å²) in [5.74, 6) is 2.41. The molecule has 5 heteroatoms. The first-order valence-electron chi connectivity index (χ1n) is 9.43. The van der Waals surface area contributed by atoms with E-state index in [9.17, 15) is 4.79 Å². The summed E-state index contributed by atoms with van der Waals surface area (Å²) in [6.45, 7) is 4.87. The predicted molar refractivity (Wildman–Crippen MR) is 116 cm³/mol. The Morgan fingerprint density at radius 1 is 1.32 bits per heavy atom. The van der Waals surface area contributed by atoms with Gasteiger partial charge in [-0.1, -0.05) is 29.7 Å². The molecule has 2 aromatic rings. The van der Waals surface area contributed by atoms with Crippen LogP contribution in [0.4, 0.5) is 5.69 Å². The minimum absolute atomic E-state index is 0.200. The van der Waals surface area contributed by atoms with Crippen LogP contribution in [0, 0.1) is 19.3 Å². The summed E-state index contributed by atoms with van der Waals surface area (Å²) in [7, 11) is 4.25. The maximum Gasteiger partial charge on any atom is 0.255 e. The second kappa shape index (κ2) is 8.79. The van der Waals surface area contributed by atoms with E-state index in [2.05, 4.69) is 35.1 Å². The fraction of sp³-hybridized carbons (Fsp3) is 0.348. The van der Waals surface area contributed by atoms with E-state index < -0.39 is 0 Å². The van der Waals surface area contributed by atoms with Crippen LogP contribution in [-0.4, -0.2) is 48.9 Å². The highest BCUT2D eigenvalue weighted by Gasteiger charge is 2.24. The smallest absolute Gasteiger partial charge is 0.255 e. The predicted octanol–water partition coefficient (Wildman–Crippen LogP) is 4.02. The number of rotatable bonds is 5. The van der Waals surface area contributed by atoms with E-state index in [1.54, 1.807) is 12.1 Å². The molecule has 1 heterocycles. The molecule has 2 aromatic carbocycles. The molecule has 0 bridgehead atoms. The van der Waals surface area contributed by atoms with Crippen LogP contribution in [0.2, 0.25) is 5.02 Å². The summed E-state index contributed by atoms with van der Waals surface area (Å²) in [4.78, 5) is 17.2. The molecule has 0 aliphatic carbocycles. The van der Waals surface area contributed by atoms with Gasteiger partial charge in [0.2, 0.25) is 0 Å². The van der Waals surface area contributed by atoms with Gasteiger partial charge in [0.15, 0.2) is 0 Å². The fourth-order valence-electron chi connectivity index (χ4n) is 3.49. The first-order valence-corrected chi connectivity index (χ1v) is 9.81. The van der Waals surface area contributed by atoms with Crippen LogP contribution in [0.15, 0.2) is 36.4 Å². The van der Waals surface area contributed by atoms with Gasteiger partial charge >= 0.3 is 0 Å². The molecular formula is C23H26ClN3O. The number of likely N-dealkylation sites (N-methyl/N-ethyl adjacent to an activating group) is 1. The first kappa shape index (κ1) is 20.4. The van der Waals surface area contributed by atoms with E-state index >= 15 is 0 Å². The quantitative estimate of drug-likeness (QED) is 0.777. The van der Waals surface area contributed by atoms with E-state index in [4.69, 9.17) is 18.0 Å². The van der Waals surface area contributed by atoms with E-state index in [1.165, 1.54) is 6.42 Å². The summed E-state index contributed by atoms with van der Waals surface area (Å²) < 4.78 is 0. The van der Waals surface area contributed by atoms with Gasteiger partial charge in [-0.25, -0.2) is 0 Å². The lowest BCUT2D eigenvalue weighted by atomic mass is 10.1. The van der Waals surface area contributed by atoms with Crippen molar-refractivity contribution in [3.8, 4) is 12.3 Å². The lowest BCUT2D eigenvalue weighted by molar-refractivity contribution is 0.102. The number of benzene rings is 2. The van der Waals surface area contributed by atoms with Gasteiger partial charge in [0.05, 0.1) is 0 Å². The van der Waals surface area contributed by atoms with Gasteiger partial charge in [0.1, 0.15) is 0 Å². The molecule has 1 saturated heterocycles. The Balaban J connectivity index is 1.66. The van der Waals surface area contributed by atoms with Crippen LogP contribution in [0.25, 0.3) is 0 Å². The lowest BCUT2D eigenvalue weighted by Crippen LogP contribution is -2.31. The third kappa shape index (κ3) is 4.74. The summed E-state index contributed by atoms with van der Waals surface area (Å²) in [5.41, 5.74) is 3.98. The van der Waals surface area contributed by atoms with Crippen molar-refractivity contribution in [2.75, 3.05) is 32.5 Å². The molecule has 0 unspecified atom stereocenters. The van der Waals surface area contributed by atoms with Crippen LogP contribution in [0.5, 0.6) is 0 Å². The summed E-state index contributed by atoms with van der Waals surface area (Å²) in [6.07, 6.45) is 6.67. The van der Waals surface area contributed by atoms with Gasteiger partial charge < -0.3 is 10.2 Å². The molecule has 3 rings (SSSR count). The van der Waals surface area contributed by atoms with Crippen LogP contribution < -0.4 is 5.32 Å². The topological polar surface area (TPSA) is 35.6 Å². The Kier molecular flexibility index (Phi) is 6.41. The van der Waals surface area contributed by atoms with Crippen LogP contribution in [0.3, 0.4) is 0 Å². The van der Waals surface area contributed by atoms with Gasteiger partial charge in [-0.2, -0.15) is 0 Å². The van der Waals surface area contributed by atoms with Crippen molar-refractivity contribution in [3.63, 3.8) is 0 Å². The Morgan fingerprint density at radius 2 is 2.11 bits per heavy atom. The average molecular weight is 396 g/mol. The average Bonchev–Trinajstić information content (AvgIpc) is 3.13. The Labute approximate surface area is 172 Å². The number of nitrogens with zero attached hydrogens (tertiary/aromatic N) is 2. The normalized spacial score (nSPS) is 16.9. The molecule has 1 aliphatic rings. The molecular weight excluding hydrogens is 370 g/mol. The molecule has 28 heavy (non-hydrogen) atoms. The highest BCUT2D eigenvalue weighted by Crippen LogP contribution is 2.25. The van der Waals surface area contributed by atoms with Crippen molar-refractivity contribution in [1.29, 1.82) is 0 Å². The van der Waals surface area contributed by atoms with Crippen LogP contribution in [0.1, 0.15) is 33.5 Å². The van der Waals surface area contributed by atoms with E-state index in [0.29, 0.717) is 22.3 Å². The van der Waals surface area contributed by atoms with E-state index in [-0.39, 0.29) is 5.91 Å². The van der Waals surface area contributed by atoms with E-state index in [1.807, 2.05) is 31.2 Å². The molecule has 1 atom stereocenters. The number of halogens is 1. The zero-order valence-corrected chi connectivity index (χ0v) is 17.4. The number of terminal acetylenes is 1. The molecule has 0 aromatic heterocycles. The van der Waals surface area contributed by atoms with Crippen LogP contribution >= 0.6 is 11.6 Å². The van der Waals surface area contributed by atoms with Gasteiger partial charge in [-0.3, -0.25) is 9.69 Å².